The van der Waals surface area contributed by atoms with Gasteiger partial charge in [0.15, 0.2) is 0 Å². The molecule has 1 fully saturated rings. The fourth-order valence-corrected chi connectivity index (χ4v) is 5.84. The highest BCUT2D eigenvalue weighted by Crippen LogP contribution is 2.45. The molecular formula is C24H33NO5S. The Bertz CT molecular complexity index is 910. The molecule has 1 saturated carbocycles. The summed E-state index contributed by atoms with van der Waals surface area (Å²) in [4.78, 5) is 10.6. The van der Waals surface area contributed by atoms with Crippen molar-refractivity contribution in [1.82, 2.24) is 4.72 Å². The maximum Gasteiger partial charge on any atom is 0.303 e. The number of hydrogen-bond acceptors (Lipinski definition) is 4. The number of carbonyl (C=O) groups is 1. The summed E-state index contributed by atoms with van der Waals surface area (Å²) >= 11 is 0. The number of carboxylic acids is 1. The molecule has 170 valence electrons. The quantitative estimate of drug-likeness (QED) is 0.365. The topological polar surface area (TPSA) is 92.7 Å². The Morgan fingerprint density at radius 3 is 2.45 bits per heavy atom. The van der Waals surface area contributed by atoms with Crippen LogP contribution in [0.25, 0.3) is 0 Å². The zero-order chi connectivity index (χ0) is 22.3. The molecule has 0 amide bonds. The summed E-state index contributed by atoms with van der Waals surface area (Å²) in [6, 6.07) is 7.49. The van der Waals surface area contributed by atoms with E-state index in [2.05, 4.69) is 10.8 Å². The highest BCUT2D eigenvalue weighted by atomic mass is 32.2. The summed E-state index contributed by atoms with van der Waals surface area (Å²) in [6.07, 6.45) is 11.2. The van der Waals surface area contributed by atoms with Crippen LogP contribution >= 0.6 is 0 Å². The van der Waals surface area contributed by atoms with Gasteiger partial charge in [0.05, 0.1) is 12.9 Å². The zero-order valence-electron chi connectivity index (χ0n) is 18.2. The minimum atomic E-state index is -3.43. The first kappa shape index (κ1) is 23.4. The summed E-state index contributed by atoms with van der Waals surface area (Å²) in [5.41, 5.74) is 3.12. The predicted molar refractivity (Wildman–Crippen MR) is 121 cm³/mol. The molecule has 1 aromatic carbocycles. The van der Waals surface area contributed by atoms with Crippen LogP contribution in [0.15, 0.2) is 47.7 Å². The number of sulfonamides is 1. The third-order valence-corrected chi connectivity index (χ3v) is 7.60. The first-order valence-corrected chi connectivity index (χ1v) is 12.8. The summed E-state index contributed by atoms with van der Waals surface area (Å²) < 4.78 is 33.8. The van der Waals surface area contributed by atoms with E-state index in [0.29, 0.717) is 24.7 Å². The molecule has 4 rings (SSSR count). The van der Waals surface area contributed by atoms with E-state index in [9.17, 15) is 13.2 Å². The molecule has 0 aliphatic heterocycles. The molecule has 6 nitrogen and oxygen atoms in total. The first-order valence-electron chi connectivity index (χ1n) is 11.1. The molecule has 31 heavy (non-hydrogen) atoms. The number of methoxy groups -OCH3 is 1. The van der Waals surface area contributed by atoms with Crippen LogP contribution in [0.2, 0.25) is 0 Å². The number of nitrogens with one attached hydrogen (secondary N) is 1. The largest absolute Gasteiger partial charge is 0.497 e. The monoisotopic (exact) mass is 447 g/mol. The Morgan fingerprint density at radius 2 is 1.81 bits per heavy atom. The number of aryl methyl sites for hydroxylation is 1. The van der Waals surface area contributed by atoms with Crippen LogP contribution in [0, 0.1) is 11.8 Å². The molecule has 0 atom stereocenters. The van der Waals surface area contributed by atoms with E-state index in [0.717, 1.165) is 55.5 Å². The molecule has 0 radical (unpaired) electrons. The second kappa shape index (κ2) is 10.8. The van der Waals surface area contributed by atoms with Gasteiger partial charge in [0, 0.05) is 12.1 Å². The molecule has 2 bridgehead atoms. The lowest BCUT2D eigenvalue weighted by molar-refractivity contribution is -0.137. The Hall–Kier alpha value is -2.28. The number of ether oxygens (including phenoxy) is 1. The molecule has 1 aromatic rings. The van der Waals surface area contributed by atoms with Gasteiger partial charge in [0.2, 0.25) is 10.0 Å². The predicted octanol–water partition coefficient (Wildman–Crippen LogP) is 4.43. The van der Waals surface area contributed by atoms with Gasteiger partial charge in [0.1, 0.15) is 5.75 Å². The fraction of sp³-hybridized carbons (Fsp3) is 0.542. The average Bonchev–Trinajstić information content (AvgIpc) is 2.76. The van der Waals surface area contributed by atoms with E-state index in [1.165, 1.54) is 5.57 Å². The lowest BCUT2D eigenvalue weighted by Gasteiger charge is -2.40. The van der Waals surface area contributed by atoms with Crippen LogP contribution < -0.4 is 9.46 Å². The maximum absolute atomic E-state index is 12.9. The van der Waals surface area contributed by atoms with Crippen LogP contribution in [0.1, 0.15) is 56.9 Å². The van der Waals surface area contributed by atoms with E-state index in [1.54, 1.807) is 7.11 Å². The highest BCUT2D eigenvalue weighted by molar-refractivity contribution is 7.89. The summed E-state index contributed by atoms with van der Waals surface area (Å²) in [5, 5.41) is 8.73. The smallest absolute Gasteiger partial charge is 0.303 e. The second-order valence-corrected chi connectivity index (χ2v) is 10.3. The third kappa shape index (κ3) is 6.86. The van der Waals surface area contributed by atoms with Crippen LogP contribution in [0.3, 0.4) is 0 Å². The minimum Gasteiger partial charge on any atom is -0.497 e. The number of carboxylic acid groups (broad SMARTS) is 1. The van der Waals surface area contributed by atoms with Crippen LogP contribution in [-0.4, -0.2) is 32.4 Å². The number of rotatable bonds is 12. The van der Waals surface area contributed by atoms with Crippen molar-refractivity contribution in [2.75, 3.05) is 12.9 Å². The number of allylic oxidation sites excluding steroid dienone is 4. The zero-order valence-corrected chi connectivity index (χ0v) is 19.0. The van der Waals surface area contributed by atoms with E-state index in [4.69, 9.17) is 9.84 Å². The Morgan fingerprint density at radius 1 is 1.13 bits per heavy atom. The van der Waals surface area contributed by atoms with Crippen molar-refractivity contribution in [3.8, 4) is 5.75 Å². The standard InChI is InChI=1S/C24H33NO5S/c1-30-21-14-8-18(9-15-21)16-17-31(28,29)25-24-20-12-10-19(11-13-20)22(24)6-4-2-3-5-7-23(26)27/h2,4,8-9,14-15,19-20,25H,3,5-7,10-13,16-17H2,1H3,(H,26,27). The highest BCUT2D eigenvalue weighted by Gasteiger charge is 2.36. The second-order valence-electron chi connectivity index (χ2n) is 8.47. The van der Waals surface area contributed by atoms with E-state index < -0.39 is 16.0 Å². The van der Waals surface area contributed by atoms with Gasteiger partial charge in [-0.3, -0.25) is 9.52 Å². The van der Waals surface area contributed by atoms with Crippen molar-refractivity contribution in [1.29, 1.82) is 0 Å². The Labute approximate surface area is 185 Å². The average molecular weight is 448 g/mol. The van der Waals surface area contributed by atoms with Crippen LogP contribution in [-0.2, 0) is 21.2 Å². The van der Waals surface area contributed by atoms with Crippen molar-refractivity contribution < 1.29 is 23.1 Å². The van der Waals surface area contributed by atoms with Crippen molar-refractivity contribution in [3.63, 3.8) is 0 Å². The van der Waals surface area contributed by atoms with Crippen LogP contribution in [0.4, 0.5) is 0 Å². The lowest BCUT2D eigenvalue weighted by atomic mass is 9.69. The Kier molecular flexibility index (Phi) is 8.18. The van der Waals surface area contributed by atoms with Gasteiger partial charge in [-0.05, 0) is 86.5 Å². The number of hydrogen-bond donors (Lipinski definition) is 2. The third-order valence-electron chi connectivity index (χ3n) is 6.32. The molecular weight excluding hydrogens is 414 g/mol. The molecule has 3 aliphatic carbocycles. The summed E-state index contributed by atoms with van der Waals surface area (Å²) in [6.45, 7) is 0. The fourth-order valence-electron chi connectivity index (χ4n) is 4.60. The number of fused-ring (bicyclic) bond motifs is 2. The van der Waals surface area contributed by atoms with E-state index in [1.807, 2.05) is 30.3 Å². The maximum atomic E-state index is 12.9. The van der Waals surface area contributed by atoms with Gasteiger partial charge in [-0.1, -0.05) is 24.3 Å². The number of unbranched alkanes of at least 4 members (excludes halogenated alkanes) is 1. The van der Waals surface area contributed by atoms with Gasteiger partial charge < -0.3 is 9.84 Å². The molecule has 0 unspecified atom stereocenters. The van der Waals surface area contributed by atoms with Gasteiger partial charge in [-0.25, -0.2) is 8.42 Å². The SMILES string of the molecule is COc1ccc(CCS(=O)(=O)NC2=C(CC=CCCCC(=O)O)C3CCC2CC3)cc1. The van der Waals surface area contributed by atoms with Gasteiger partial charge >= 0.3 is 5.97 Å². The first-order chi connectivity index (χ1) is 14.9. The van der Waals surface area contributed by atoms with Crippen molar-refractivity contribution >= 4 is 16.0 Å². The van der Waals surface area contributed by atoms with Gasteiger partial charge in [-0.2, -0.15) is 0 Å². The minimum absolute atomic E-state index is 0.0541. The van der Waals surface area contributed by atoms with E-state index in [-0.39, 0.29) is 12.2 Å². The van der Waals surface area contributed by atoms with E-state index >= 15 is 0 Å². The molecule has 3 aliphatic rings. The summed E-state index contributed by atoms with van der Waals surface area (Å²) in [5.74, 6) is 0.795. The Balaban J connectivity index is 1.62. The summed E-state index contributed by atoms with van der Waals surface area (Å²) in [7, 11) is -1.82. The molecule has 7 heteroatoms. The van der Waals surface area contributed by atoms with Crippen molar-refractivity contribution in [2.24, 2.45) is 11.8 Å². The number of aliphatic carboxylic acids is 1. The van der Waals surface area contributed by atoms with Gasteiger partial charge in [-0.15, -0.1) is 0 Å². The molecule has 0 aromatic heterocycles. The molecule has 0 saturated heterocycles. The molecule has 2 N–H and O–H groups in total. The van der Waals surface area contributed by atoms with Gasteiger partial charge in [0.25, 0.3) is 0 Å². The lowest BCUT2D eigenvalue weighted by Crippen LogP contribution is -2.37. The normalized spacial score (nSPS) is 20.9. The molecule has 0 heterocycles. The number of benzene rings is 1. The van der Waals surface area contributed by atoms with Crippen molar-refractivity contribution in [3.05, 3.63) is 53.3 Å². The van der Waals surface area contributed by atoms with Crippen molar-refractivity contribution in [2.45, 2.75) is 57.8 Å². The molecule has 0 spiro atoms. The van der Waals surface area contributed by atoms with Crippen LogP contribution in [0.5, 0.6) is 5.75 Å².